The Labute approximate surface area is 100 Å². The second-order valence-corrected chi connectivity index (χ2v) is 3.93. The van der Waals surface area contributed by atoms with Gasteiger partial charge in [0.1, 0.15) is 6.26 Å². The van der Waals surface area contributed by atoms with E-state index in [9.17, 15) is 4.79 Å². The number of nitrogens with one attached hydrogen (secondary N) is 2. The topological polar surface area (TPSA) is 67.2 Å². The van der Waals surface area contributed by atoms with Gasteiger partial charge in [-0.25, -0.2) is 0 Å². The lowest BCUT2D eigenvalue weighted by Crippen LogP contribution is -2.46. The highest BCUT2D eigenvalue weighted by Crippen LogP contribution is 2.08. The molecule has 1 saturated heterocycles. The van der Waals surface area contributed by atoms with Crippen LogP contribution in [0.4, 0.5) is 0 Å². The first-order valence-corrected chi connectivity index (χ1v) is 5.20. The molecule has 16 heavy (non-hydrogen) atoms. The first kappa shape index (κ1) is 13.0. The van der Waals surface area contributed by atoms with E-state index in [-0.39, 0.29) is 24.4 Å². The lowest BCUT2D eigenvalue weighted by atomic mass is 10.0. The van der Waals surface area contributed by atoms with E-state index >= 15 is 0 Å². The number of hydrogen-bond donors (Lipinski definition) is 2. The average molecular weight is 246 g/mol. The Morgan fingerprint density at radius 1 is 1.69 bits per heavy atom. The van der Waals surface area contributed by atoms with Gasteiger partial charge in [-0.2, -0.15) is 0 Å². The molecule has 1 aliphatic heterocycles. The van der Waals surface area contributed by atoms with Crippen LogP contribution in [0.2, 0.25) is 0 Å². The summed E-state index contributed by atoms with van der Waals surface area (Å²) in [6.45, 7) is 3.07. The van der Waals surface area contributed by atoms with Crippen LogP contribution in [-0.2, 0) is 0 Å². The van der Waals surface area contributed by atoms with E-state index in [4.69, 9.17) is 0 Å². The Hall–Kier alpha value is -1.07. The molecule has 0 spiro atoms. The van der Waals surface area contributed by atoms with Crippen LogP contribution in [0, 0.1) is 0 Å². The monoisotopic (exact) mass is 245 g/mol. The number of carbonyl (C=O) groups is 1. The van der Waals surface area contributed by atoms with Crippen molar-refractivity contribution in [2.75, 3.05) is 6.54 Å². The smallest absolute Gasteiger partial charge is 0.273 e. The van der Waals surface area contributed by atoms with Gasteiger partial charge in [-0.05, 0) is 26.3 Å². The van der Waals surface area contributed by atoms with Gasteiger partial charge in [0, 0.05) is 18.2 Å². The molecule has 1 aromatic rings. The highest BCUT2D eigenvalue weighted by molar-refractivity contribution is 5.92. The van der Waals surface area contributed by atoms with Gasteiger partial charge in [-0.15, -0.1) is 12.4 Å². The van der Waals surface area contributed by atoms with E-state index in [1.807, 2.05) is 0 Å². The minimum Gasteiger partial charge on any atom is -0.364 e. The number of carbonyl (C=O) groups excluding carboxylic acids is 1. The highest BCUT2D eigenvalue weighted by Gasteiger charge is 2.21. The molecule has 2 heterocycles. The van der Waals surface area contributed by atoms with Crippen molar-refractivity contribution in [2.45, 2.75) is 31.8 Å². The Kier molecular flexibility index (Phi) is 4.76. The van der Waals surface area contributed by atoms with Crippen molar-refractivity contribution in [1.82, 2.24) is 15.8 Å². The lowest BCUT2D eigenvalue weighted by molar-refractivity contribution is 0.0916. The molecule has 1 fully saturated rings. The number of nitrogens with zero attached hydrogens (tertiary/aromatic N) is 1. The SMILES string of the molecule is CC1CC(NC(=O)c2ccon2)CCN1.Cl. The molecule has 1 amide bonds. The molecule has 2 rings (SSSR count). The molecule has 5 nitrogen and oxygen atoms in total. The summed E-state index contributed by atoms with van der Waals surface area (Å²) in [5, 5.41) is 9.88. The zero-order valence-corrected chi connectivity index (χ0v) is 9.92. The van der Waals surface area contributed by atoms with Gasteiger partial charge in [0.25, 0.3) is 5.91 Å². The maximum Gasteiger partial charge on any atom is 0.273 e. The predicted octanol–water partition coefficient (Wildman–Crippen LogP) is 0.967. The summed E-state index contributed by atoms with van der Waals surface area (Å²) in [6.07, 6.45) is 3.33. The van der Waals surface area contributed by atoms with Crippen LogP contribution < -0.4 is 10.6 Å². The maximum atomic E-state index is 11.6. The van der Waals surface area contributed by atoms with Crippen LogP contribution in [0.15, 0.2) is 16.9 Å². The summed E-state index contributed by atoms with van der Waals surface area (Å²) < 4.78 is 4.62. The zero-order chi connectivity index (χ0) is 10.7. The molecule has 90 valence electrons. The fourth-order valence-electron chi connectivity index (χ4n) is 1.85. The number of amides is 1. The second-order valence-electron chi connectivity index (χ2n) is 3.93. The van der Waals surface area contributed by atoms with E-state index in [1.165, 1.54) is 6.26 Å². The largest absolute Gasteiger partial charge is 0.364 e. The van der Waals surface area contributed by atoms with Crippen molar-refractivity contribution in [3.8, 4) is 0 Å². The third-order valence-electron chi connectivity index (χ3n) is 2.63. The van der Waals surface area contributed by atoms with E-state index in [0.717, 1.165) is 19.4 Å². The van der Waals surface area contributed by atoms with Crippen molar-refractivity contribution in [3.05, 3.63) is 18.0 Å². The van der Waals surface area contributed by atoms with Crippen molar-refractivity contribution in [2.24, 2.45) is 0 Å². The number of aromatic nitrogens is 1. The van der Waals surface area contributed by atoms with Crippen molar-refractivity contribution >= 4 is 18.3 Å². The average Bonchev–Trinajstić information content (AvgIpc) is 2.70. The van der Waals surface area contributed by atoms with Crippen molar-refractivity contribution in [3.63, 3.8) is 0 Å². The molecule has 0 bridgehead atoms. The molecule has 0 radical (unpaired) electrons. The summed E-state index contributed by atoms with van der Waals surface area (Å²) in [4.78, 5) is 11.6. The number of piperidine rings is 1. The molecular weight excluding hydrogens is 230 g/mol. The van der Waals surface area contributed by atoms with Gasteiger partial charge in [0.05, 0.1) is 0 Å². The molecule has 2 N–H and O–H groups in total. The molecule has 2 unspecified atom stereocenters. The third kappa shape index (κ3) is 3.21. The Morgan fingerprint density at radius 3 is 3.12 bits per heavy atom. The second kappa shape index (κ2) is 5.86. The fourth-order valence-corrected chi connectivity index (χ4v) is 1.85. The van der Waals surface area contributed by atoms with Crippen molar-refractivity contribution in [1.29, 1.82) is 0 Å². The van der Waals surface area contributed by atoms with Gasteiger partial charge in [-0.1, -0.05) is 5.16 Å². The Bertz CT molecular complexity index is 329. The first-order valence-electron chi connectivity index (χ1n) is 5.20. The molecule has 0 aromatic carbocycles. The number of rotatable bonds is 2. The minimum atomic E-state index is -0.150. The molecule has 1 aliphatic rings. The first-order chi connectivity index (χ1) is 7.25. The van der Waals surface area contributed by atoms with Crippen LogP contribution in [0.3, 0.4) is 0 Å². The van der Waals surface area contributed by atoms with Gasteiger partial charge in [-0.3, -0.25) is 4.79 Å². The van der Waals surface area contributed by atoms with Crippen LogP contribution in [0.1, 0.15) is 30.3 Å². The van der Waals surface area contributed by atoms with Crippen LogP contribution in [0.5, 0.6) is 0 Å². The summed E-state index contributed by atoms with van der Waals surface area (Å²) in [5.41, 5.74) is 0.348. The summed E-state index contributed by atoms with van der Waals surface area (Å²) in [7, 11) is 0. The van der Waals surface area contributed by atoms with E-state index in [0.29, 0.717) is 11.7 Å². The van der Waals surface area contributed by atoms with E-state index in [1.54, 1.807) is 6.07 Å². The summed E-state index contributed by atoms with van der Waals surface area (Å²) >= 11 is 0. The summed E-state index contributed by atoms with van der Waals surface area (Å²) in [6, 6.07) is 2.27. The molecule has 6 heteroatoms. The number of halogens is 1. The van der Waals surface area contributed by atoms with Gasteiger partial charge >= 0.3 is 0 Å². The quantitative estimate of drug-likeness (QED) is 0.815. The Morgan fingerprint density at radius 2 is 2.50 bits per heavy atom. The number of hydrogen-bond acceptors (Lipinski definition) is 4. The van der Waals surface area contributed by atoms with E-state index in [2.05, 4.69) is 27.2 Å². The summed E-state index contributed by atoms with van der Waals surface area (Å²) in [5.74, 6) is -0.150. The minimum absolute atomic E-state index is 0. The molecule has 0 saturated carbocycles. The Balaban J connectivity index is 0.00000128. The normalized spacial score (nSPS) is 24.6. The standard InChI is InChI=1S/C10H15N3O2.ClH/c1-7-6-8(2-4-11-7)12-10(14)9-3-5-15-13-9;/h3,5,7-8,11H,2,4,6H2,1H3,(H,12,14);1H. The van der Waals surface area contributed by atoms with Crippen LogP contribution >= 0.6 is 12.4 Å². The lowest BCUT2D eigenvalue weighted by Gasteiger charge is -2.28. The molecular formula is C10H16ClN3O2. The third-order valence-corrected chi connectivity index (χ3v) is 2.63. The van der Waals surface area contributed by atoms with Crippen LogP contribution in [-0.4, -0.2) is 29.7 Å². The molecule has 0 aliphatic carbocycles. The van der Waals surface area contributed by atoms with Crippen molar-refractivity contribution < 1.29 is 9.32 Å². The highest BCUT2D eigenvalue weighted by atomic mass is 35.5. The van der Waals surface area contributed by atoms with Gasteiger partial charge in [0.2, 0.25) is 0 Å². The van der Waals surface area contributed by atoms with Crippen LogP contribution in [0.25, 0.3) is 0 Å². The van der Waals surface area contributed by atoms with Gasteiger partial charge < -0.3 is 15.2 Å². The molecule has 1 aromatic heterocycles. The van der Waals surface area contributed by atoms with Gasteiger partial charge in [0.15, 0.2) is 5.69 Å². The van der Waals surface area contributed by atoms with E-state index < -0.39 is 0 Å². The zero-order valence-electron chi connectivity index (χ0n) is 9.10. The fraction of sp³-hybridized carbons (Fsp3) is 0.600. The molecule has 2 atom stereocenters. The maximum absolute atomic E-state index is 11.6. The predicted molar refractivity (Wildman–Crippen MR) is 61.7 cm³/mol.